The Kier molecular flexibility index (Phi) is 5.75. The Morgan fingerprint density at radius 1 is 1.32 bits per heavy atom. The number of piperidine rings is 1. The van der Waals surface area contributed by atoms with Crippen LogP contribution in [0.5, 0.6) is 0 Å². The first-order chi connectivity index (χ1) is 13.3. The number of hydrogen-bond acceptors (Lipinski definition) is 7. The molecule has 1 saturated heterocycles. The second kappa shape index (κ2) is 8.07. The SMILES string of the molecule is CCc1cc(=O)[nH]c(NC2CCN(S(=O)(=O)c3cccc([N+](=O)[O-])c3)CC2)n1. The average Bonchev–Trinajstić information content (AvgIpc) is 2.68. The molecule has 0 aliphatic carbocycles. The van der Waals surface area contributed by atoms with Gasteiger partial charge >= 0.3 is 0 Å². The zero-order valence-corrected chi connectivity index (χ0v) is 16.1. The number of benzene rings is 1. The van der Waals surface area contributed by atoms with Gasteiger partial charge in [-0.25, -0.2) is 13.4 Å². The first-order valence-corrected chi connectivity index (χ1v) is 10.3. The van der Waals surface area contributed by atoms with Crippen LogP contribution >= 0.6 is 0 Å². The molecule has 0 amide bonds. The van der Waals surface area contributed by atoms with Crippen molar-refractivity contribution in [3.63, 3.8) is 0 Å². The van der Waals surface area contributed by atoms with E-state index in [4.69, 9.17) is 0 Å². The molecule has 0 atom stereocenters. The summed E-state index contributed by atoms with van der Waals surface area (Å²) < 4.78 is 26.9. The number of nitrogens with zero attached hydrogens (tertiary/aromatic N) is 3. The minimum Gasteiger partial charge on any atom is -0.353 e. The van der Waals surface area contributed by atoms with E-state index in [1.54, 1.807) is 0 Å². The van der Waals surface area contributed by atoms with E-state index in [9.17, 15) is 23.3 Å². The number of aromatic nitrogens is 2. The van der Waals surface area contributed by atoms with Crippen LogP contribution in [-0.2, 0) is 16.4 Å². The van der Waals surface area contributed by atoms with E-state index in [2.05, 4.69) is 15.3 Å². The lowest BCUT2D eigenvalue weighted by atomic mass is 10.1. The van der Waals surface area contributed by atoms with Crippen molar-refractivity contribution in [2.75, 3.05) is 18.4 Å². The molecule has 0 spiro atoms. The van der Waals surface area contributed by atoms with Gasteiger partial charge in [-0.2, -0.15) is 4.31 Å². The van der Waals surface area contributed by atoms with Crippen molar-refractivity contribution >= 4 is 21.7 Å². The van der Waals surface area contributed by atoms with Crippen LogP contribution in [0.15, 0.2) is 40.0 Å². The Morgan fingerprint density at radius 2 is 2.04 bits per heavy atom. The summed E-state index contributed by atoms with van der Waals surface area (Å²) in [6.07, 6.45) is 1.68. The number of non-ortho nitro benzene ring substituents is 1. The van der Waals surface area contributed by atoms with Crippen LogP contribution in [0, 0.1) is 10.1 Å². The maximum absolute atomic E-state index is 12.8. The van der Waals surface area contributed by atoms with Crippen LogP contribution in [0.4, 0.5) is 11.6 Å². The summed E-state index contributed by atoms with van der Waals surface area (Å²) in [4.78, 5) is 28.8. The molecule has 150 valence electrons. The number of sulfonamides is 1. The lowest BCUT2D eigenvalue weighted by Crippen LogP contribution is -2.42. The van der Waals surface area contributed by atoms with Gasteiger partial charge in [0.25, 0.3) is 11.2 Å². The van der Waals surface area contributed by atoms with Crippen LogP contribution in [-0.4, -0.2) is 46.7 Å². The predicted octanol–water partition coefficient (Wildman–Crippen LogP) is 1.51. The summed E-state index contributed by atoms with van der Waals surface area (Å²) in [5, 5.41) is 14.1. The number of hydrogen-bond donors (Lipinski definition) is 2. The Balaban J connectivity index is 1.68. The fourth-order valence-corrected chi connectivity index (χ4v) is 4.61. The molecule has 2 heterocycles. The number of nitro groups is 1. The van der Waals surface area contributed by atoms with E-state index in [-0.39, 0.29) is 35.3 Å². The van der Waals surface area contributed by atoms with Gasteiger partial charge in [-0.3, -0.25) is 19.9 Å². The summed E-state index contributed by atoms with van der Waals surface area (Å²) in [5.41, 5.74) is 0.181. The van der Waals surface area contributed by atoms with Gasteiger partial charge in [0.15, 0.2) is 0 Å². The Labute approximate surface area is 161 Å². The van der Waals surface area contributed by atoms with Gasteiger partial charge in [-0.1, -0.05) is 13.0 Å². The fraction of sp³-hybridized carbons (Fsp3) is 0.412. The number of nitrogens with one attached hydrogen (secondary N) is 2. The summed E-state index contributed by atoms with van der Waals surface area (Å²) in [5.74, 6) is 0.379. The second-order valence-electron chi connectivity index (χ2n) is 6.52. The molecule has 0 radical (unpaired) electrons. The van der Waals surface area contributed by atoms with Gasteiger partial charge in [-0.15, -0.1) is 0 Å². The lowest BCUT2D eigenvalue weighted by molar-refractivity contribution is -0.385. The molecular formula is C17H21N5O5S. The topological polar surface area (TPSA) is 138 Å². The molecular weight excluding hydrogens is 386 g/mol. The van der Waals surface area contributed by atoms with Crippen LogP contribution in [0.2, 0.25) is 0 Å². The first-order valence-electron chi connectivity index (χ1n) is 8.91. The van der Waals surface area contributed by atoms with Crippen molar-refractivity contribution in [3.05, 3.63) is 56.5 Å². The smallest absolute Gasteiger partial charge is 0.270 e. The summed E-state index contributed by atoms with van der Waals surface area (Å²) in [6.45, 7) is 2.43. The molecule has 1 aliphatic heterocycles. The molecule has 2 N–H and O–H groups in total. The third-order valence-corrected chi connectivity index (χ3v) is 6.51. The van der Waals surface area contributed by atoms with E-state index in [1.165, 1.54) is 28.6 Å². The van der Waals surface area contributed by atoms with E-state index < -0.39 is 14.9 Å². The Morgan fingerprint density at radius 3 is 2.68 bits per heavy atom. The highest BCUT2D eigenvalue weighted by atomic mass is 32.2. The molecule has 1 aliphatic rings. The molecule has 0 unspecified atom stereocenters. The summed E-state index contributed by atoms with van der Waals surface area (Å²) in [6, 6.07) is 6.46. The minimum atomic E-state index is -3.80. The zero-order valence-electron chi connectivity index (χ0n) is 15.3. The molecule has 11 heteroatoms. The van der Waals surface area contributed by atoms with Crippen LogP contribution < -0.4 is 10.9 Å². The number of nitro benzene ring substituents is 1. The number of aryl methyl sites for hydroxylation is 1. The summed E-state index contributed by atoms with van der Waals surface area (Å²) >= 11 is 0. The maximum atomic E-state index is 12.8. The van der Waals surface area contributed by atoms with Crippen LogP contribution in [0.25, 0.3) is 0 Å². The molecule has 2 aromatic rings. The van der Waals surface area contributed by atoms with Gasteiger partial charge in [-0.05, 0) is 25.3 Å². The maximum Gasteiger partial charge on any atom is 0.270 e. The standard InChI is InChI=1S/C17H21N5O5S/c1-2-12-10-16(23)20-17(18-12)19-13-6-8-21(9-7-13)28(26,27)15-5-3-4-14(11-15)22(24)25/h3-5,10-11,13H,2,6-9H2,1H3,(H2,18,19,20,23). The number of aromatic amines is 1. The van der Waals surface area contributed by atoms with Crippen molar-refractivity contribution in [1.82, 2.24) is 14.3 Å². The molecule has 1 aromatic carbocycles. The predicted molar refractivity (Wildman–Crippen MR) is 103 cm³/mol. The molecule has 1 fully saturated rings. The molecule has 1 aromatic heterocycles. The largest absolute Gasteiger partial charge is 0.353 e. The van der Waals surface area contributed by atoms with E-state index in [0.29, 0.717) is 30.9 Å². The molecule has 10 nitrogen and oxygen atoms in total. The Hall–Kier alpha value is -2.79. The normalized spacial score (nSPS) is 16.0. The Bertz CT molecular complexity index is 1030. The number of anilines is 1. The van der Waals surface area contributed by atoms with Gasteiger partial charge in [0.2, 0.25) is 16.0 Å². The van der Waals surface area contributed by atoms with Crippen molar-refractivity contribution in [2.45, 2.75) is 37.1 Å². The highest BCUT2D eigenvalue weighted by Crippen LogP contribution is 2.24. The lowest BCUT2D eigenvalue weighted by Gasteiger charge is -2.31. The molecule has 0 saturated carbocycles. The summed E-state index contributed by atoms with van der Waals surface area (Å²) in [7, 11) is -3.80. The quantitative estimate of drug-likeness (QED) is 0.546. The highest BCUT2D eigenvalue weighted by molar-refractivity contribution is 7.89. The fourth-order valence-electron chi connectivity index (χ4n) is 3.10. The van der Waals surface area contributed by atoms with Crippen molar-refractivity contribution in [2.24, 2.45) is 0 Å². The van der Waals surface area contributed by atoms with E-state index in [1.807, 2.05) is 6.92 Å². The monoisotopic (exact) mass is 407 g/mol. The third kappa shape index (κ3) is 4.37. The third-order valence-electron chi connectivity index (χ3n) is 4.62. The molecule has 3 rings (SSSR count). The number of rotatable bonds is 6. The number of H-pyrrole nitrogens is 1. The highest BCUT2D eigenvalue weighted by Gasteiger charge is 2.30. The first kappa shape index (κ1) is 20.0. The minimum absolute atomic E-state index is 0.0354. The van der Waals surface area contributed by atoms with Gasteiger partial charge in [0.1, 0.15) is 0 Å². The average molecular weight is 407 g/mol. The van der Waals surface area contributed by atoms with Gasteiger partial charge < -0.3 is 5.32 Å². The van der Waals surface area contributed by atoms with Crippen LogP contribution in [0.1, 0.15) is 25.5 Å². The molecule has 0 bridgehead atoms. The second-order valence-corrected chi connectivity index (χ2v) is 8.45. The van der Waals surface area contributed by atoms with Gasteiger partial charge in [0.05, 0.1) is 9.82 Å². The van der Waals surface area contributed by atoms with Gasteiger partial charge in [0, 0.05) is 43.0 Å². The van der Waals surface area contributed by atoms with Crippen LogP contribution in [0.3, 0.4) is 0 Å². The van der Waals surface area contributed by atoms with E-state index >= 15 is 0 Å². The molecule has 28 heavy (non-hydrogen) atoms. The zero-order chi connectivity index (χ0) is 20.3. The van der Waals surface area contributed by atoms with E-state index in [0.717, 1.165) is 6.07 Å². The van der Waals surface area contributed by atoms with Crippen molar-refractivity contribution < 1.29 is 13.3 Å². The van der Waals surface area contributed by atoms with Crippen molar-refractivity contribution in [1.29, 1.82) is 0 Å². The van der Waals surface area contributed by atoms with Crippen molar-refractivity contribution in [3.8, 4) is 0 Å².